The lowest BCUT2D eigenvalue weighted by Gasteiger charge is -2.08. The molecule has 0 aliphatic heterocycles. The highest BCUT2D eigenvalue weighted by Crippen LogP contribution is 2.28. The van der Waals surface area contributed by atoms with Crippen LogP contribution in [0.25, 0.3) is 0 Å². The minimum Gasteiger partial charge on any atom is -0.478 e. The minimum absolute atomic E-state index is 0.379. The van der Waals surface area contributed by atoms with E-state index < -0.39 is 5.97 Å². The predicted molar refractivity (Wildman–Crippen MR) is 63.7 cm³/mol. The van der Waals surface area contributed by atoms with Crippen molar-refractivity contribution in [3.05, 3.63) is 35.4 Å². The Morgan fingerprint density at radius 2 is 1.81 bits per heavy atom. The lowest BCUT2D eigenvalue weighted by atomic mass is 9.98. The molecule has 0 atom stereocenters. The van der Waals surface area contributed by atoms with Crippen molar-refractivity contribution >= 4 is 5.97 Å². The van der Waals surface area contributed by atoms with Crippen LogP contribution in [0.2, 0.25) is 0 Å². The fraction of sp³-hybridized carbons (Fsp3) is 0.500. The van der Waals surface area contributed by atoms with Gasteiger partial charge in [-0.1, -0.05) is 37.8 Å². The Bertz CT molecular complexity index is 348. The molecule has 0 amide bonds. The topological polar surface area (TPSA) is 37.3 Å². The molecule has 2 nitrogen and oxygen atoms in total. The van der Waals surface area contributed by atoms with Gasteiger partial charge in [0.15, 0.2) is 0 Å². The van der Waals surface area contributed by atoms with Gasteiger partial charge in [-0.15, -0.1) is 0 Å². The molecule has 1 aliphatic rings. The number of rotatable bonds is 4. The summed E-state index contributed by atoms with van der Waals surface area (Å²) >= 11 is 0. The monoisotopic (exact) mass is 218 g/mol. The molecule has 2 heteroatoms. The van der Waals surface area contributed by atoms with Crippen LogP contribution in [0.3, 0.4) is 0 Å². The molecule has 0 saturated heterocycles. The second-order valence-corrected chi connectivity index (χ2v) is 4.69. The van der Waals surface area contributed by atoms with Gasteiger partial charge >= 0.3 is 5.97 Å². The van der Waals surface area contributed by atoms with Crippen LogP contribution in [0.15, 0.2) is 24.3 Å². The van der Waals surface area contributed by atoms with Crippen LogP contribution in [0.5, 0.6) is 0 Å². The number of aromatic carboxylic acids is 1. The van der Waals surface area contributed by atoms with Gasteiger partial charge in [0, 0.05) is 0 Å². The molecule has 0 heterocycles. The Hall–Kier alpha value is -1.31. The van der Waals surface area contributed by atoms with Gasteiger partial charge < -0.3 is 5.11 Å². The van der Waals surface area contributed by atoms with Crippen LogP contribution >= 0.6 is 0 Å². The van der Waals surface area contributed by atoms with Crippen molar-refractivity contribution < 1.29 is 9.90 Å². The van der Waals surface area contributed by atoms with Crippen molar-refractivity contribution in [1.82, 2.24) is 0 Å². The molecule has 0 bridgehead atoms. The van der Waals surface area contributed by atoms with Crippen LogP contribution in [0.1, 0.15) is 48.0 Å². The fourth-order valence-corrected chi connectivity index (χ4v) is 2.48. The average molecular weight is 218 g/mol. The first kappa shape index (κ1) is 11.2. The first-order chi connectivity index (χ1) is 7.75. The van der Waals surface area contributed by atoms with E-state index in [-0.39, 0.29) is 0 Å². The molecule has 1 fully saturated rings. The maximum absolute atomic E-state index is 10.7. The number of aryl methyl sites for hydroxylation is 1. The van der Waals surface area contributed by atoms with E-state index in [0.29, 0.717) is 5.56 Å². The molecular weight excluding hydrogens is 200 g/mol. The summed E-state index contributed by atoms with van der Waals surface area (Å²) in [5.74, 6) is 0.0569. The molecule has 0 spiro atoms. The summed E-state index contributed by atoms with van der Waals surface area (Å²) in [5.41, 5.74) is 1.64. The van der Waals surface area contributed by atoms with E-state index in [0.717, 1.165) is 12.3 Å². The summed E-state index contributed by atoms with van der Waals surface area (Å²) in [6, 6.07) is 7.29. The van der Waals surface area contributed by atoms with Crippen LogP contribution in [0, 0.1) is 5.92 Å². The third kappa shape index (κ3) is 2.84. The van der Waals surface area contributed by atoms with Gasteiger partial charge in [-0.2, -0.15) is 0 Å². The molecule has 1 aromatic rings. The summed E-state index contributed by atoms with van der Waals surface area (Å²) in [6.45, 7) is 0. The normalized spacial score (nSPS) is 16.5. The second-order valence-electron chi connectivity index (χ2n) is 4.69. The minimum atomic E-state index is -0.845. The van der Waals surface area contributed by atoms with Crippen LogP contribution in [-0.4, -0.2) is 11.1 Å². The predicted octanol–water partition coefficient (Wildman–Crippen LogP) is 3.51. The standard InChI is InChI=1S/C14H18O2/c15-14(16)13-9-7-12(8-10-13)6-5-11-3-1-2-4-11/h7-11H,1-6H2,(H,15,16). The maximum Gasteiger partial charge on any atom is 0.335 e. The summed E-state index contributed by atoms with van der Waals surface area (Å²) in [7, 11) is 0. The molecule has 86 valence electrons. The zero-order valence-electron chi connectivity index (χ0n) is 9.48. The second kappa shape index (κ2) is 5.15. The van der Waals surface area contributed by atoms with Gasteiger partial charge in [0.2, 0.25) is 0 Å². The van der Waals surface area contributed by atoms with E-state index in [1.54, 1.807) is 12.1 Å². The van der Waals surface area contributed by atoms with E-state index in [4.69, 9.17) is 5.11 Å². The van der Waals surface area contributed by atoms with Crippen molar-refractivity contribution in [2.24, 2.45) is 5.92 Å². The van der Waals surface area contributed by atoms with E-state index >= 15 is 0 Å². The van der Waals surface area contributed by atoms with E-state index in [2.05, 4.69) is 0 Å². The summed E-state index contributed by atoms with van der Waals surface area (Å²) in [6.07, 6.45) is 7.89. The number of carbonyl (C=O) groups is 1. The Labute approximate surface area is 96.3 Å². The highest BCUT2D eigenvalue weighted by molar-refractivity contribution is 5.87. The molecular formula is C14H18O2. The smallest absolute Gasteiger partial charge is 0.335 e. The molecule has 1 N–H and O–H groups in total. The van der Waals surface area contributed by atoms with Gasteiger partial charge in [0.05, 0.1) is 5.56 Å². The SMILES string of the molecule is O=C(O)c1ccc(CCC2CCCC2)cc1. The average Bonchev–Trinajstić information content (AvgIpc) is 2.80. The zero-order chi connectivity index (χ0) is 11.4. The largest absolute Gasteiger partial charge is 0.478 e. The zero-order valence-corrected chi connectivity index (χ0v) is 9.48. The summed E-state index contributed by atoms with van der Waals surface area (Å²) in [5, 5.41) is 8.78. The Kier molecular flexibility index (Phi) is 3.60. The van der Waals surface area contributed by atoms with Crippen molar-refractivity contribution in [3.8, 4) is 0 Å². The van der Waals surface area contributed by atoms with Crippen molar-refractivity contribution in [1.29, 1.82) is 0 Å². The van der Waals surface area contributed by atoms with E-state index in [9.17, 15) is 4.79 Å². The highest BCUT2D eigenvalue weighted by Gasteiger charge is 2.14. The van der Waals surface area contributed by atoms with E-state index in [1.165, 1.54) is 37.7 Å². The molecule has 0 unspecified atom stereocenters. The highest BCUT2D eigenvalue weighted by atomic mass is 16.4. The van der Waals surface area contributed by atoms with Gasteiger partial charge in [-0.25, -0.2) is 4.79 Å². The first-order valence-corrected chi connectivity index (χ1v) is 6.08. The first-order valence-electron chi connectivity index (χ1n) is 6.08. The third-order valence-electron chi connectivity index (χ3n) is 3.52. The quantitative estimate of drug-likeness (QED) is 0.839. The van der Waals surface area contributed by atoms with Crippen molar-refractivity contribution in [2.45, 2.75) is 38.5 Å². The molecule has 2 rings (SSSR count). The lowest BCUT2D eigenvalue weighted by molar-refractivity contribution is 0.0697. The Morgan fingerprint density at radius 1 is 1.19 bits per heavy atom. The Balaban J connectivity index is 1.87. The molecule has 1 aliphatic carbocycles. The maximum atomic E-state index is 10.7. The Morgan fingerprint density at radius 3 is 2.38 bits per heavy atom. The molecule has 16 heavy (non-hydrogen) atoms. The number of hydrogen-bond donors (Lipinski definition) is 1. The summed E-state index contributed by atoms with van der Waals surface area (Å²) < 4.78 is 0. The number of carboxylic acid groups (broad SMARTS) is 1. The van der Waals surface area contributed by atoms with Crippen LogP contribution in [0.4, 0.5) is 0 Å². The van der Waals surface area contributed by atoms with Crippen LogP contribution in [-0.2, 0) is 6.42 Å². The fourth-order valence-electron chi connectivity index (χ4n) is 2.48. The summed E-state index contributed by atoms with van der Waals surface area (Å²) in [4.78, 5) is 10.7. The van der Waals surface area contributed by atoms with Crippen molar-refractivity contribution in [3.63, 3.8) is 0 Å². The third-order valence-corrected chi connectivity index (χ3v) is 3.52. The molecule has 1 aromatic carbocycles. The molecule has 1 saturated carbocycles. The molecule has 0 aromatic heterocycles. The van der Waals surface area contributed by atoms with Crippen molar-refractivity contribution in [2.75, 3.05) is 0 Å². The number of benzene rings is 1. The molecule has 0 radical (unpaired) electrons. The van der Waals surface area contributed by atoms with Gasteiger partial charge in [-0.05, 0) is 36.5 Å². The van der Waals surface area contributed by atoms with Gasteiger partial charge in [0.25, 0.3) is 0 Å². The number of hydrogen-bond acceptors (Lipinski definition) is 1. The van der Waals surface area contributed by atoms with Crippen LogP contribution < -0.4 is 0 Å². The van der Waals surface area contributed by atoms with E-state index in [1.807, 2.05) is 12.1 Å². The van der Waals surface area contributed by atoms with Gasteiger partial charge in [0.1, 0.15) is 0 Å². The lowest BCUT2D eigenvalue weighted by Crippen LogP contribution is -1.98. The number of carboxylic acids is 1. The van der Waals surface area contributed by atoms with Gasteiger partial charge in [-0.3, -0.25) is 0 Å².